The van der Waals surface area contributed by atoms with Crippen molar-refractivity contribution < 1.29 is 45.4 Å². The number of sulfonamides is 1. The molecule has 0 bridgehead atoms. The van der Waals surface area contributed by atoms with E-state index in [0.29, 0.717) is 0 Å². The first kappa shape index (κ1) is 28.4. The van der Waals surface area contributed by atoms with Crippen LogP contribution < -0.4 is 13.8 Å². The van der Waals surface area contributed by atoms with Crippen molar-refractivity contribution in [1.82, 2.24) is 0 Å². The quantitative estimate of drug-likeness (QED) is 0.353. The smallest absolute Gasteiger partial charge is 0.387 e. The average Bonchev–Trinajstić information content (AvgIpc) is 2.87. The number of carbonyl (C=O) groups is 1. The van der Waals surface area contributed by atoms with E-state index in [1.165, 1.54) is 50.2 Å². The minimum atomic E-state index is -4.42. The fourth-order valence-corrected chi connectivity index (χ4v) is 5.65. The molecule has 0 fully saturated rings. The van der Waals surface area contributed by atoms with Crippen molar-refractivity contribution in [2.24, 2.45) is 0 Å². The highest BCUT2D eigenvalue weighted by atomic mass is 32.2. The molecule has 1 aliphatic heterocycles. The Kier molecular flexibility index (Phi) is 7.89. The molecule has 0 saturated heterocycles. The molecular formula is C27H25F4NO6S. The molecule has 1 heterocycles. The summed E-state index contributed by atoms with van der Waals surface area (Å²) in [5, 5.41) is 9.95. The number of fused-ring (bicyclic) bond motifs is 1. The van der Waals surface area contributed by atoms with Gasteiger partial charge in [0.05, 0.1) is 17.1 Å². The minimum Gasteiger partial charge on any atom is -0.486 e. The molecule has 12 heteroatoms. The molecule has 1 N–H and O–H groups in total. The van der Waals surface area contributed by atoms with Crippen LogP contribution in [-0.2, 0) is 14.8 Å². The van der Waals surface area contributed by atoms with Crippen LogP contribution in [0.5, 0.6) is 11.5 Å². The van der Waals surface area contributed by atoms with Gasteiger partial charge in [-0.15, -0.1) is 0 Å². The number of hydrogen-bond donors (Lipinski definition) is 1. The number of rotatable bonds is 9. The van der Waals surface area contributed by atoms with Crippen LogP contribution in [0.15, 0.2) is 65.6 Å². The van der Waals surface area contributed by atoms with Gasteiger partial charge < -0.3 is 14.6 Å². The molecule has 1 atom stereocenters. The van der Waals surface area contributed by atoms with Crippen molar-refractivity contribution in [1.29, 1.82) is 0 Å². The summed E-state index contributed by atoms with van der Waals surface area (Å²) in [5.41, 5.74) is -1.53. The number of aliphatic hydroxyl groups is 1. The van der Waals surface area contributed by atoms with Crippen LogP contribution in [0.3, 0.4) is 0 Å². The second-order valence-electron chi connectivity index (χ2n) is 9.46. The largest absolute Gasteiger partial charge is 0.486 e. The number of hydrogen-bond acceptors (Lipinski definition) is 6. The van der Waals surface area contributed by atoms with Crippen molar-refractivity contribution >= 4 is 21.5 Å². The number of carbonyl (C=O) groups excluding carboxylic acids is 1. The van der Waals surface area contributed by atoms with E-state index in [-0.39, 0.29) is 52.6 Å². The lowest BCUT2D eigenvalue weighted by Crippen LogP contribution is -2.44. The van der Waals surface area contributed by atoms with Gasteiger partial charge >= 0.3 is 6.61 Å². The summed E-state index contributed by atoms with van der Waals surface area (Å²) in [4.78, 5) is 11.9. The summed E-state index contributed by atoms with van der Waals surface area (Å²) >= 11 is 0. The van der Waals surface area contributed by atoms with Gasteiger partial charge in [-0.3, -0.25) is 9.10 Å². The van der Waals surface area contributed by atoms with Crippen LogP contribution in [0.25, 0.3) is 11.1 Å². The molecular weight excluding hydrogens is 542 g/mol. The predicted molar refractivity (Wildman–Crippen MR) is 134 cm³/mol. The van der Waals surface area contributed by atoms with Gasteiger partial charge in [0.1, 0.15) is 34.8 Å². The van der Waals surface area contributed by atoms with Crippen molar-refractivity contribution in [3.05, 3.63) is 72.3 Å². The molecule has 208 valence electrons. The van der Waals surface area contributed by atoms with Gasteiger partial charge in [-0.2, -0.15) is 8.78 Å². The van der Waals surface area contributed by atoms with Crippen LogP contribution in [0.2, 0.25) is 0 Å². The van der Waals surface area contributed by atoms with Gasteiger partial charge in [0.25, 0.3) is 10.0 Å². The van der Waals surface area contributed by atoms with Crippen LogP contribution in [0.1, 0.15) is 26.7 Å². The van der Waals surface area contributed by atoms with Gasteiger partial charge in [0.2, 0.25) is 0 Å². The zero-order valence-corrected chi connectivity index (χ0v) is 21.7. The van der Waals surface area contributed by atoms with Crippen molar-refractivity contribution in [3.63, 3.8) is 0 Å². The average molecular weight is 568 g/mol. The summed E-state index contributed by atoms with van der Waals surface area (Å²) in [7, 11) is -4.42. The Hall–Kier alpha value is -3.64. The van der Waals surface area contributed by atoms with E-state index in [0.717, 1.165) is 28.6 Å². The molecule has 0 aliphatic carbocycles. The first-order valence-corrected chi connectivity index (χ1v) is 13.3. The number of anilines is 1. The summed E-state index contributed by atoms with van der Waals surface area (Å²) < 4.78 is 92.7. The number of ketones is 1. The van der Waals surface area contributed by atoms with Gasteiger partial charge in [0.15, 0.2) is 5.78 Å². The van der Waals surface area contributed by atoms with Crippen molar-refractivity contribution in [2.45, 2.75) is 49.9 Å². The fraction of sp³-hybridized carbons (Fsp3) is 0.296. The van der Waals surface area contributed by atoms with Crippen LogP contribution in [0.4, 0.5) is 23.2 Å². The zero-order valence-electron chi connectivity index (χ0n) is 20.9. The number of nitrogens with zero attached hydrogens (tertiary/aromatic N) is 1. The molecule has 0 amide bonds. The summed E-state index contributed by atoms with van der Waals surface area (Å²) in [5.74, 6) is -2.19. The fourth-order valence-electron chi connectivity index (χ4n) is 4.11. The van der Waals surface area contributed by atoms with Gasteiger partial charge in [0, 0.05) is 18.1 Å². The standard InChI is InChI=1S/C27H25F4NO6S/c1-27(2,34)25(33)11-8-19-15-32(39(35,36)20-5-3-4-18(14-20)38-26(30)31)23-12-16(6-10-24(23)37-19)21-13-17(28)7-9-22(21)29/h3-7,9-10,12-14,19,26,34H,8,11,15H2,1-2H3/t19-/m0/s1. The van der Waals surface area contributed by atoms with Gasteiger partial charge in [-0.05, 0) is 68.3 Å². The van der Waals surface area contributed by atoms with E-state index in [1.54, 1.807) is 0 Å². The predicted octanol–water partition coefficient (Wildman–Crippen LogP) is 5.31. The highest BCUT2D eigenvalue weighted by molar-refractivity contribution is 7.92. The topological polar surface area (TPSA) is 93.1 Å². The third kappa shape index (κ3) is 6.34. The lowest BCUT2D eigenvalue weighted by Gasteiger charge is -2.36. The maximum absolute atomic E-state index is 14.5. The Morgan fingerprint density at radius 2 is 1.87 bits per heavy atom. The van der Waals surface area contributed by atoms with Gasteiger partial charge in [-0.1, -0.05) is 12.1 Å². The monoisotopic (exact) mass is 567 g/mol. The summed E-state index contributed by atoms with van der Waals surface area (Å²) in [6, 6.07) is 11.6. The second-order valence-corrected chi connectivity index (χ2v) is 11.3. The van der Waals surface area contributed by atoms with Crippen molar-refractivity contribution in [3.8, 4) is 22.6 Å². The van der Waals surface area contributed by atoms with E-state index < -0.39 is 45.8 Å². The number of ether oxygens (including phenoxy) is 2. The molecule has 0 saturated carbocycles. The Morgan fingerprint density at radius 3 is 2.56 bits per heavy atom. The Balaban J connectivity index is 1.77. The molecule has 3 aromatic rings. The van der Waals surface area contributed by atoms with Crippen molar-refractivity contribution in [2.75, 3.05) is 10.8 Å². The molecule has 1 aliphatic rings. The Morgan fingerprint density at radius 1 is 1.13 bits per heavy atom. The lowest BCUT2D eigenvalue weighted by atomic mass is 9.97. The first-order chi connectivity index (χ1) is 18.3. The van der Waals surface area contributed by atoms with E-state index in [9.17, 15) is 35.9 Å². The van der Waals surface area contributed by atoms with Crippen LogP contribution >= 0.6 is 0 Å². The first-order valence-electron chi connectivity index (χ1n) is 11.8. The zero-order chi connectivity index (χ0) is 28.5. The number of alkyl halides is 2. The van der Waals surface area contributed by atoms with Crippen LogP contribution in [-0.4, -0.2) is 44.2 Å². The minimum absolute atomic E-state index is 0.00130. The Bertz CT molecular complexity index is 1490. The van der Waals surface area contributed by atoms with E-state index in [4.69, 9.17) is 4.74 Å². The Labute approximate surface area is 222 Å². The normalized spacial score (nSPS) is 15.6. The number of Topliss-reactive ketones (excluding diaryl/α,β-unsaturated/α-hetero) is 1. The van der Waals surface area contributed by atoms with E-state index >= 15 is 0 Å². The number of halogens is 4. The molecule has 4 rings (SSSR count). The van der Waals surface area contributed by atoms with E-state index in [2.05, 4.69) is 4.74 Å². The van der Waals surface area contributed by atoms with Gasteiger partial charge in [-0.25, -0.2) is 17.2 Å². The molecule has 0 spiro atoms. The maximum atomic E-state index is 14.5. The number of benzene rings is 3. The summed E-state index contributed by atoms with van der Waals surface area (Å²) in [6.45, 7) is -0.785. The highest BCUT2D eigenvalue weighted by Gasteiger charge is 2.36. The highest BCUT2D eigenvalue weighted by Crippen LogP contribution is 2.41. The summed E-state index contributed by atoms with van der Waals surface area (Å²) in [6.07, 6.45) is -0.874. The molecule has 7 nitrogen and oxygen atoms in total. The third-order valence-corrected chi connectivity index (χ3v) is 7.90. The molecule has 0 unspecified atom stereocenters. The SMILES string of the molecule is CC(C)(O)C(=O)CC[C@H]1CN(S(=O)(=O)c2cccc(OC(F)F)c2)c2cc(-c3cc(F)ccc3F)ccc2O1. The lowest BCUT2D eigenvalue weighted by molar-refractivity contribution is -0.134. The second kappa shape index (κ2) is 10.9. The maximum Gasteiger partial charge on any atom is 0.387 e. The molecule has 0 aromatic heterocycles. The van der Waals surface area contributed by atoms with E-state index in [1.807, 2.05) is 0 Å². The molecule has 3 aromatic carbocycles. The van der Waals surface area contributed by atoms with Crippen LogP contribution in [0, 0.1) is 11.6 Å². The molecule has 39 heavy (non-hydrogen) atoms. The third-order valence-electron chi connectivity index (χ3n) is 6.12. The molecule has 0 radical (unpaired) electrons.